The molecular formula is C14H15Cl2N3O. The summed E-state index contributed by atoms with van der Waals surface area (Å²) in [5, 5.41) is 3.63. The largest absolute Gasteiger partial charge is 0.352 e. The topological polar surface area (TPSA) is 46.9 Å². The maximum absolute atomic E-state index is 12.0. The van der Waals surface area contributed by atoms with Crippen LogP contribution >= 0.6 is 23.2 Å². The van der Waals surface area contributed by atoms with Crippen LogP contribution in [-0.4, -0.2) is 27.4 Å². The van der Waals surface area contributed by atoms with Gasteiger partial charge in [-0.05, 0) is 31.0 Å². The van der Waals surface area contributed by atoms with Crippen molar-refractivity contribution in [3.05, 3.63) is 29.0 Å². The highest BCUT2D eigenvalue weighted by Gasteiger charge is 2.24. The number of halogens is 2. The van der Waals surface area contributed by atoms with Crippen LogP contribution in [0.3, 0.4) is 0 Å². The number of carbonyl (C=O) groups excluding carboxylic acids is 1. The molecule has 1 aliphatic carbocycles. The molecule has 0 atom stereocenters. The molecule has 1 fully saturated rings. The minimum absolute atomic E-state index is 0.0255. The van der Waals surface area contributed by atoms with Gasteiger partial charge in [-0.3, -0.25) is 4.79 Å². The number of benzene rings is 1. The first-order valence-electron chi connectivity index (χ1n) is 6.67. The van der Waals surface area contributed by atoms with Crippen molar-refractivity contribution in [3.63, 3.8) is 0 Å². The van der Waals surface area contributed by atoms with Crippen LogP contribution in [0.15, 0.2) is 18.2 Å². The Morgan fingerprint density at radius 1 is 1.45 bits per heavy atom. The van der Waals surface area contributed by atoms with E-state index in [1.807, 2.05) is 22.8 Å². The van der Waals surface area contributed by atoms with Gasteiger partial charge in [0.2, 0.25) is 5.91 Å². The Labute approximate surface area is 127 Å². The lowest BCUT2D eigenvalue weighted by Crippen LogP contribution is -2.29. The van der Waals surface area contributed by atoms with Crippen molar-refractivity contribution in [2.75, 3.05) is 5.88 Å². The average molecular weight is 312 g/mol. The molecule has 1 aromatic carbocycles. The highest BCUT2D eigenvalue weighted by Crippen LogP contribution is 2.22. The lowest BCUT2D eigenvalue weighted by atomic mass is 10.3. The van der Waals surface area contributed by atoms with Crippen LogP contribution < -0.4 is 5.32 Å². The lowest BCUT2D eigenvalue weighted by Gasteiger charge is -2.08. The molecule has 0 spiro atoms. The summed E-state index contributed by atoms with van der Waals surface area (Å²) in [6.45, 7) is 0.279. The van der Waals surface area contributed by atoms with Crippen molar-refractivity contribution in [1.82, 2.24) is 14.9 Å². The number of nitrogens with zero attached hydrogens (tertiary/aromatic N) is 2. The Morgan fingerprint density at radius 3 is 2.95 bits per heavy atom. The quantitative estimate of drug-likeness (QED) is 0.863. The fraction of sp³-hybridized carbons (Fsp3) is 0.429. The van der Waals surface area contributed by atoms with E-state index >= 15 is 0 Å². The van der Waals surface area contributed by atoms with Crippen LogP contribution in [0.2, 0.25) is 5.02 Å². The molecule has 0 unspecified atom stereocenters. The zero-order valence-electron chi connectivity index (χ0n) is 10.9. The van der Waals surface area contributed by atoms with Gasteiger partial charge >= 0.3 is 0 Å². The van der Waals surface area contributed by atoms with Crippen molar-refractivity contribution >= 4 is 40.1 Å². The van der Waals surface area contributed by atoms with Crippen LogP contribution in [0.1, 0.15) is 18.7 Å². The number of alkyl halides is 1. The number of hydrogen-bond acceptors (Lipinski definition) is 2. The number of carbonyl (C=O) groups is 1. The van der Waals surface area contributed by atoms with Gasteiger partial charge in [-0.25, -0.2) is 4.98 Å². The fourth-order valence-electron chi connectivity index (χ4n) is 2.25. The van der Waals surface area contributed by atoms with Gasteiger partial charge < -0.3 is 9.88 Å². The van der Waals surface area contributed by atoms with Crippen LogP contribution in [0.4, 0.5) is 0 Å². The summed E-state index contributed by atoms with van der Waals surface area (Å²) in [6, 6.07) is 5.88. The first kappa shape index (κ1) is 13.7. The maximum atomic E-state index is 12.0. The molecule has 1 amide bonds. The Morgan fingerprint density at radius 2 is 2.25 bits per heavy atom. The van der Waals surface area contributed by atoms with E-state index in [0.29, 0.717) is 23.4 Å². The molecule has 1 aromatic heterocycles. The minimum Gasteiger partial charge on any atom is -0.352 e. The highest BCUT2D eigenvalue weighted by atomic mass is 35.5. The third-order valence-electron chi connectivity index (χ3n) is 3.35. The third-order valence-corrected chi connectivity index (χ3v) is 3.78. The Balaban J connectivity index is 1.92. The van der Waals surface area contributed by atoms with E-state index < -0.39 is 0 Å². The molecular weight excluding hydrogens is 297 g/mol. The van der Waals surface area contributed by atoms with Gasteiger partial charge in [0.1, 0.15) is 12.4 Å². The Hall–Kier alpha value is -1.26. The molecule has 0 radical (unpaired) electrons. The lowest BCUT2D eigenvalue weighted by molar-refractivity contribution is -0.121. The van der Waals surface area contributed by atoms with Gasteiger partial charge in [0.25, 0.3) is 0 Å². The van der Waals surface area contributed by atoms with Gasteiger partial charge in [0, 0.05) is 23.4 Å². The number of amides is 1. The molecule has 1 heterocycles. The maximum Gasteiger partial charge on any atom is 0.240 e. The van der Waals surface area contributed by atoms with Gasteiger partial charge in [0.05, 0.1) is 11.0 Å². The van der Waals surface area contributed by atoms with Gasteiger partial charge in [-0.2, -0.15) is 0 Å². The second-order valence-corrected chi connectivity index (χ2v) is 5.84. The summed E-state index contributed by atoms with van der Waals surface area (Å²) in [6.07, 6.45) is 2.80. The van der Waals surface area contributed by atoms with Gasteiger partial charge in [0.15, 0.2) is 0 Å². The van der Waals surface area contributed by atoms with Crippen molar-refractivity contribution < 1.29 is 4.79 Å². The predicted molar refractivity (Wildman–Crippen MR) is 80.3 cm³/mol. The SMILES string of the molecule is O=C(Cn1c(CCCl)nc2cc(Cl)ccc21)NC1CC1. The van der Waals surface area contributed by atoms with E-state index in [2.05, 4.69) is 10.3 Å². The number of hydrogen-bond donors (Lipinski definition) is 1. The van der Waals surface area contributed by atoms with Gasteiger partial charge in [-0.15, -0.1) is 11.6 Å². The zero-order chi connectivity index (χ0) is 14.1. The van der Waals surface area contributed by atoms with Crippen molar-refractivity contribution in [1.29, 1.82) is 0 Å². The second kappa shape index (κ2) is 5.62. The Kier molecular flexibility index (Phi) is 3.85. The molecule has 106 valence electrons. The molecule has 0 saturated heterocycles. The van der Waals surface area contributed by atoms with Crippen LogP contribution in [0.25, 0.3) is 11.0 Å². The number of imidazole rings is 1. The number of aryl methyl sites for hydroxylation is 1. The van der Waals surface area contributed by atoms with E-state index in [1.165, 1.54) is 0 Å². The molecule has 3 rings (SSSR count). The van der Waals surface area contributed by atoms with E-state index in [0.717, 1.165) is 29.7 Å². The van der Waals surface area contributed by atoms with E-state index in [9.17, 15) is 4.79 Å². The number of fused-ring (bicyclic) bond motifs is 1. The van der Waals surface area contributed by atoms with Crippen LogP contribution in [0, 0.1) is 0 Å². The summed E-state index contributed by atoms with van der Waals surface area (Å²) in [5.74, 6) is 1.32. The fourth-order valence-corrected chi connectivity index (χ4v) is 2.58. The summed E-state index contributed by atoms with van der Waals surface area (Å²) < 4.78 is 1.92. The summed E-state index contributed by atoms with van der Waals surface area (Å²) in [7, 11) is 0. The summed E-state index contributed by atoms with van der Waals surface area (Å²) in [4.78, 5) is 16.5. The smallest absolute Gasteiger partial charge is 0.240 e. The molecule has 1 aliphatic rings. The second-order valence-electron chi connectivity index (χ2n) is 5.03. The van der Waals surface area contributed by atoms with Gasteiger partial charge in [-0.1, -0.05) is 11.6 Å². The van der Waals surface area contributed by atoms with E-state index in [1.54, 1.807) is 0 Å². The third kappa shape index (κ3) is 2.91. The number of aromatic nitrogens is 2. The van der Waals surface area contributed by atoms with Crippen LogP contribution in [0.5, 0.6) is 0 Å². The van der Waals surface area contributed by atoms with E-state index in [4.69, 9.17) is 23.2 Å². The predicted octanol–water partition coefficient (Wildman–Crippen LogP) is 2.75. The monoisotopic (exact) mass is 311 g/mol. The molecule has 20 heavy (non-hydrogen) atoms. The molecule has 0 aliphatic heterocycles. The standard InChI is InChI=1S/C14H15Cl2N3O/c15-6-5-13-18-11-7-9(16)1-4-12(11)19(13)8-14(20)17-10-2-3-10/h1,4,7,10H,2-3,5-6,8H2,(H,17,20). The molecule has 6 heteroatoms. The van der Waals surface area contributed by atoms with Crippen LogP contribution in [-0.2, 0) is 17.8 Å². The molecule has 0 bridgehead atoms. The molecule has 1 N–H and O–H groups in total. The molecule has 4 nitrogen and oxygen atoms in total. The highest BCUT2D eigenvalue weighted by molar-refractivity contribution is 6.31. The number of nitrogens with one attached hydrogen (secondary N) is 1. The number of rotatable bonds is 5. The van der Waals surface area contributed by atoms with Crippen molar-refractivity contribution in [2.24, 2.45) is 0 Å². The summed E-state index contributed by atoms with van der Waals surface area (Å²) in [5.41, 5.74) is 1.72. The van der Waals surface area contributed by atoms with Crippen molar-refractivity contribution in [3.8, 4) is 0 Å². The molecule has 2 aromatic rings. The first-order chi connectivity index (χ1) is 9.67. The Bertz CT molecular complexity index is 649. The summed E-state index contributed by atoms with van der Waals surface area (Å²) >= 11 is 11.8. The van der Waals surface area contributed by atoms with E-state index in [-0.39, 0.29) is 12.5 Å². The van der Waals surface area contributed by atoms with Crippen molar-refractivity contribution in [2.45, 2.75) is 31.8 Å². The minimum atomic E-state index is 0.0255. The zero-order valence-corrected chi connectivity index (χ0v) is 12.4. The molecule has 1 saturated carbocycles. The average Bonchev–Trinajstić information content (AvgIpc) is 3.14. The normalized spacial score (nSPS) is 14.7. The first-order valence-corrected chi connectivity index (χ1v) is 7.58.